The van der Waals surface area contributed by atoms with Crippen molar-refractivity contribution in [2.75, 3.05) is 32.7 Å². The van der Waals surface area contributed by atoms with Gasteiger partial charge in [-0.2, -0.15) is 0 Å². The topological polar surface area (TPSA) is 70.1 Å². The summed E-state index contributed by atoms with van der Waals surface area (Å²) in [5, 5.41) is 3.28. The van der Waals surface area contributed by atoms with Gasteiger partial charge in [-0.3, -0.25) is 19.2 Å². The van der Waals surface area contributed by atoms with Crippen molar-refractivity contribution in [1.82, 2.24) is 19.8 Å². The van der Waals surface area contributed by atoms with E-state index >= 15 is 0 Å². The summed E-state index contributed by atoms with van der Waals surface area (Å²) >= 11 is 3.12. The molecule has 2 rings (SSSR count). The van der Waals surface area contributed by atoms with Crippen molar-refractivity contribution >= 4 is 15.9 Å². The second kappa shape index (κ2) is 5.61. The molecule has 6 nitrogen and oxygen atoms in total. The number of nitrogens with one attached hydrogen (secondary N) is 2. The molecule has 0 unspecified atom stereocenters. The average Bonchev–Trinajstić information content (AvgIpc) is 2.33. The van der Waals surface area contributed by atoms with Crippen LogP contribution >= 0.6 is 15.9 Å². The van der Waals surface area contributed by atoms with E-state index in [0.29, 0.717) is 11.0 Å². The molecule has 1 aromatic heterocycles. The SMILES string of the molecule is O=c1[nH]c(=O)n(CCN2CCNCC2)cc1Br. The van der Waals surface area contributed by atoms with Gasteiger partial charge in [-0.15, -0.1) is 0 Å². The van der Waals surface area contributed by atoms with Crippen molar-refractivity contribution in [1.29, 1.82) is 0 Å². The number of hydrogen-bond acceptors (Lipinski definition) is 4. The molecular formula is C10H15BrN4O2. The van der Waals surface area contributed by atoms with Crippen LogP contribution < -0.4 is 16.6 Å². The zero-order chi connectivity index (χ0) is 12.3. The van der Waals surface area contributed by atoms with Crippen LogP contribution in [0.4, 0.5) is 0 Å². The number of aromatic amines is 1. The first kappa shape index (κ1) is 12.5. The maximum atomic E-state index is 11.5. The maximum Gasteiger partial charge on any atom is 0.328 e. The Morgan fingerprint density at radius 3 is 2.65 bits per heavy atom. The average molecular weight is 303 g/mol. The molecule has 0 aliphatic carbocycles. The van der Waals surface area contributed by atoms with E-state index in [2.05, 4.69) is 31.1 Å². The predicted molar refractivity (Wildman–Crippen MR) is 68.3 cm³/mol. The number of hydrogen-bond donors (Lipinski definition) is 2. The summed E-state index contributed by atoms with van der Waals surface area (Å²) < 4.78 is 1.91. The number of piperazine rings is 1. The number of aromatic nitrogens is 2. The molecule has 0 aromatic carbocycles. The predicted octanol–water partition coefficient (Wildman–Crippen LogP) is -0.796. The van der Waals surface area contributed by atoms with Gasteiger partial charge in [0.25, 0.3) is 5.56 Å². The lowest BCUT2D eigenvalue weighted by Gasteiger charge is -2.27. The normalized spacial score (nSPS) is 17.2. The first-order chi connectivity index (χ1) is 8.16. The van der Waals surface area contributed by atoms with Gasteiger partial charge in [0.15, 0.2) is 0 Å². The van der Waals surface area contributed by atoms with Crippen LogP contribution in [0.15, 0.2) is 20.3 Å². The van der Waals surface area contributed by atoms with E-state index in [1.165, 1.54) is 4.57 Å². The van der Waals surface area contributed by atoms with Crippen LogP contribution in [0.25, 0.3) is 0 Å². The number of rotatable bonds is 3. The van der Waals surface area contributed by atoms with E-state index in [1.54, 1.807) is 6.20 Å². The Bertz CT molecular complexity index is 490. The third-order valence-corrected chi connectivity index (χ3v) is 3.40. The van der Waals surface area contributed by atoms with Crippen LogP contribution in [0, 0.1) is 0 Å². The highest BCUT2D eigenvalue weighted by Crippen LogP contribution is 1.99. The zero-order valence-electron chi connectivity index (χ0n) is 9.41. The Morgan fingerprint density at radius 1 is 1.24 bits per heavy atom. The highest BCUT2D eigenvalue weighted by molar-refractivity contribution is 9.10. The first-order valence-corrected chi connectivity index (χ1v) is 6.38. The summed E-state index contributed by atoms with van der Waals surface area (Å²) in [6, 6.07) is 0. The van der Waals surface area contributed by atoms with Gasteiger partial charge >= 0.3 is 5.69 Å². The Balaban J connectivity index is 2.01. The van der Waals surface area contributed by atoms with Crippen molar-refractivity contribution in [2.24, 2.45) is 0 Å². The molecule has 1 fully saturated rings. The minimum Gasteiger partial charge on any atom is -0.314 e. The lowest BCUT2D eigenvalue weighted by molar-refractivity contribution is 0.231. The van der Waals surface area contributed by atoms with E-state index in [0.717, 1.165) is 32.7 Å². The summed E-state index contributed by atoms with van der Waals surface area (Å²) in [5.41, 5.74) is -0.734. The molecule has 0 spiro atoms. The van der Waals surface area contributed by atoms with E-state index in [1.807, 2.05) is 0 Å². The monoisotopic (exact) mass is 302 g/mol. The zero-order valence-corrected chi connectivity index (χ0v) is 11.0. The van der Waals surface area contributed by atoms with E-state index in [4.69, 9.17) is 0 Å². The van der Waals surface area contributed by atoms with Gasteiger partial charge in [0.2, 0.25) is 0 Å². The third kappa shape index (κ3) is 3.27. The molecule has 0 saturated carbocycles. The maximum absolute atomic E-state index is 11.5. The van der Waals surface area contributed by atoms with Crippen molar-refractivity contribution in [2.45, 2.75) is 6.54 Å². The Kier molecular flexibility index (Phi) is 4.14. The minimum atomic E-state index is -0.381. The molecule has 2 N–H and O–H groups in total. The fourth-order valence-corrected chi connectivity index (χ4v) is 2.18. The van der Waals surface area contributed by atoms with Gasteiger partial charge < -0.3 is 5.32 Å². The van der Waals surface area contributed by atoms with Crippen LogP contribution in [0.3, 0.4) is 0 Å². The largest absolute Gasteiger partial charge is 0.328 e. The van der Waals surface area contributed by atoms with E-state index in [9.17, 15) is 9.59 Å². The lowest BCUT2D eigenvalue weighted by Crippen LogP contribution is -2.45. The molecule has 94 valence electrons. The summed E-state index contributed by atoms with van der Waals surface area (Å²) in [6.07, 6.45) is 1.55. The molecule has 0 radical (unpaired) electrons. The van der Waals surface area contributed by atoms with Crippen LogP contribution in [0.2, 0.25) is 0 Å². The van der Waals surface area contributed by atoms with E-state index < -0.39 is 0 Å². The smallest absolute Gasteiger partial charge is 0.314 e. The second-order valence-corrected chi connectivity index (χ2v) is 4.88. The van der Waals surface area contributed by atoms with E-state index in [-0.39, 0.29) is 11.2 Å². The molecule has 0 atom stereocenters. The highest BCUT2D eigenvalue weighted by atomic mass is 79.9. The van der Waals surface area contributed by atoms with Crippen LogP contribution in [-0.2, 0) is 6.54 Å². The van der Waals surface area contributed by atoms with Crippen LogP contribution in [0.5, 0.6) is 0 Å². The molecule has 7 heteroatoms. The lowest BCUT2D eigenvalue weighted by atomic mass is 10.3. The van der Waals surface area contributed by atoms with Crippen molar-refractivity contribution in [3.05, 3.63) is 31.5 Å². The van der Waals surface area contributed by atoms with Crippen LogP contribution in [-0.4, -0.2) is 47.2 Å². The minimum absolute atomic E-state index is 0.353. The fourth-order valence-electron chi connectivity index (χ4n) is 1.83. The molecular weight excluding hydrogens is 288 g/mol. The Labute approximate surface area is 107 Å². The number of nitrogens with zero attached hydrogens (tertiary/aromatic N) is 2. The van der Waals surface area contributed by atoms with Gasteiger partial charge in [0, 0.05) is 45.5 Å². The summed E-state index contributed by atoms with van der Waals surface area (Å²) in [6.45, 7) is 5.39. The van der Waals surface area contributed by atoms with Crippen molar-refractivity contribution in [3.8, 4) is 0 Å². The Hall–Kier alpha value is -0.920. The molecule has 17 heavy (non-hydrogen) atoms. The first-order valence-electron chi connectivity index (χ1n) is 5.59. The number of H-pyrrole nitrogens is 1. The van der Waals surface area contributed by atoms with Crippen molar-refractivity contribution in [3.63, 3.8) is 0 Å². The highest BCUT2D eigenvalue weighted by Gasteiger charge is 2.09. The summed E-state index contributed by atoms with van der Waals surface area (Å²) in [5.74, 6) is 0. The molecule has 1 aliphatic heterocycles. The molecule has 0 bridgehead atoms. The van der Waals surface area contributed by atoms with Gasteiger partial charge in [-0.25, -0.2) is 4.79 Å². The summed E-state index contributed by atoms with van der Waals surface area (Å²) in [4.78, 5) is 27.2. The number of halogens is 1. The molecule has 1 aromatic rings. The molecule has 2 heterocycles. The quantitative estimate of drug-likeness (QED) is 0.767. The standard InChI is InChI=1S/C10H15BrN4O2/c11-8-7-15(10(17)13-9(8)16)6-5-14-3-1-12-2-4-14/h7,12H,1-6H2,(H,13,16,17). The Morgan fingerprint density at radius 2 is 1.94 bits per heavy atom. The fraction of sp³-hybridized carbons (Fsp3) is 0.600. The molecule has 1 saturated heterocycles. The summed E-state index contributed by atoms with van der Waals surface area (Å²) in [7, 11) is 0. The van der Waals surface area contributed by atoms with Crippen molar-refractivity contribution < 1.29 is 0 Å². The van der Waals surface area contributed by atoms with Crippen LogP contribution in [0.1, 0.15) is 0 Å². The van der Waals surface area contributed by atoms with Gasteiger partial charge in [0.1, 0.15) is 0 Å². The molecule has 0 amide bonds. The third-order valence-electron chi connectivity index (χ3n) is 2.83. The molecule has 1 aliphatic rings. The van der Waals surface area contributed by atoms with Gasteiger partial charge in [-0.05, 0) is 15.9 Å². The second-order valence-electron chi connectivity index (χ2n) is 4.02. The van der Waals surface area contributed by atoms with Gasteiger partial charge in [-0.1, -0.05) is 0 Å². The van der Waals surface area contributed by atoms with Gasteiger partial charge in [0.05, 0.1) is 4.47 Å².